The van der Waals surface area contributed by atoms with Gasteiger partial charge in [0, 0.05) is 60.4 Å². The molecule has 5 rings (SSSR count). The molecule has 0 spiro atoms. The third kappa shape index (κ3) is 4.82. The molecule has 180 valence electrons. The van der Waals surface area contributed by atoms with Crippen LogP contribution in [0.3, 0.4) is 0 Å². The van der Waals surface area contributed by atoms with Crippen molar-refractivity contribution in [2.75, 3.05) is 36.4 Å². The van der Waals surface area contributed by atoms with E-state index in [1.54, 1.807) is 34.8 Å². The molecule has 35 heavy (non-hydrogen) atoms. The standard InChI is InChI=1S/C26H26ClN5O2S/c1-18-15-19(2)26(29-17-18)31-11-13-32(14-12-31)35(33,34)22-6-4-21(5-7-22)30-24-9-10-28-25-16-20(27)3-8-23(24)25/h3-10,15-17H,11-14H2,1-2H3,(H,28,30). The number of benzene rings is 2. The Morgan fingerprint density at radius 3 is 2.37 bits per heavy atom. The van der Waals surface area contributed by atoms with Crippen LogP contribution in [0.25, 0.3) is 10.9 Å². The maximum Gasteiger partial charge on any atom is 0.243 e. The Hall–Kier alpha value is -3.20. The van der Waals surface area contributed by atoms with Gasteiger partial charge in [-0.25, -0.2) is 13.4 Å². The van der Waals surface area contributed by atoms with Crippen LogP contribution in [0.15, 0.2) is 71.9 Å². The molecule has 1 aliphatic heterocycles. The Labute approximate surface area is 210 Å². The van der Waals surface area contributed by atoms with Gasteiger partial charge >= 0.3 is 0 Å². The van der Waals surface area contributed by atoms with Gasteiger partial charge in [-0.15, -0.1) is 0 Å². The van der Waals surface area contributed by atoms with E-state index in [0.29, 0.717) is 31.2 Å². The number of halogens is 1. The quantitative estimate of drug-likeness (QED) is 0.402. The zero-order valence-electron chi connectivity index (χ0n) is 19.6. The summed E-state index contributed by atoms with van der Waals surface area (Å²) in [6, 6.07) is 16.4. The van der Waals surface area contributed by atoms with Crippen molar-refractivity contribution in [1.29, 1.82) is 0 Å². The van der Waals surface area contributed by atoms with Crippen LogP contribution in [0.2, 0.25) is 5.02 Å². The van der Waals surface area contributed by atoms with E-state index in [-0.39, 0.29) is 4.90 Å². The van der Waals surface area contributed by atoms with Crippen LogP contribution in [0.4, 0.5) is 17.2 Å². The van der Waals surface area contributed by atoms with Crippen LogP contribution in [0, 0.1) is 13.8 Å². The van der Waals surface area contributed by atoms with Crippen LogP contribution < -0.4 is 10.2 Å². The largest absolute Gasteiger partial charge is 0.355 e. The lowest BCUT2D eigenvalue weighted by molar-refractivity contribution is 0.383. The Bertz CT molecular complexity index is 1480. The Kier molecular flexibility index (Phi) is 6.35. The number of aryl methyl sites for hydroxylation is 2. The van der Waals surface area contributed by atoms with Crippen LogP contribution in [0.1, 0.15) is 11.1 Å². The van der Waals surface area contributed by atoms with E-state index in [1.165, 1.54) is 0 Å². The number of fused-ring (bicyclic) bond motifs is 1. The lowest BCUT2D eigenvalue weighted by atomic mass is 10.2. The summed E-state index contributed by atoms with van der Waals surface area (Å²) in [4.78, 5) is 11.4. The number of hydrogen-bond donors (Lipinski definition) is 1. The molecule has 2 aromatic carbocycles. The molecule has 0 amide bonds. The molecule has 1 N–H and O–H groups in total. The van der Waals surface area contributed by atoms with Crippen LogP contribution in [-0.2, 0) is 10.0 Å². The van der Waals surface area contributed by atoms with Crippen molar-refractivity contribution in [1.82, 2.24) is 14.3 Å². The van der Waals surface area contributed by atoms with Gasteiger partial charge in [-0.3, -0.25) is 4.98 Å². The molecule has 4 aromatic rings. The fourth-order valence-electron chi connectivity index (χ4n) is 4.42. The molecule has 0 aliphatic carbocycles. The SMILES string of the molecule is Cc1cnc(N2CCN(S(=O)(=O)c3ccc(Nc4ccnc5cc(Cl)ccc45)cc3)CC2)c(C)c1. The Morgan fingerprint density at radius 2 is 1.66 bits per heavy atom. The third-order valence-corrected chi connectivity index (χ3v) is 8.35. The highest BCUT2D eigenvalue weighted by molar-refractivity contribution is 7.89. The third-order valence-electron chi connectivity index (χ3n) is 6.20. The predicted octanol–water partition coefficient (Wildman–Crippen LogP) is 5.15. The molecule has 1 fully saturated rings. The summed E-state index contributed by atoms with van der Waals surface area (Å²) in [5.41, 5.74) is 4.67. The lowest BCUT2D eigenvalue weighted by Crippen LogP contribution is -2.49. The van der Waals surface area contributed by atoms with Gasteiger partial charge < -0.3 is 10.2 Å². The highest BCUT2D eigenvalue weighted by atomic mass is 35.5. The molecular weight excluding hydrogens is 482 g/mol. The lowest BCUT2D eigenvalue weighted by Gasteiger charge is -2.35. The van der Waals surface area contributed by atoms with E-state index < -0.39 is 10.0 Å². The normalized spacial score (nSPS) is 14.9. The summed E-state index contributed by atoms with van der Waals surface area (Å²) in [6.07, 6.45) is 3.57. The minimum Gasteiger partial charge on any atom is -0.355 e. The first-order chi connectivity index (χ1) is 16.8. The van der Waals surface area contributed by atoms with Gasteiger partial charge in [0.05, 0.1) is 10.4 Å². The van der Waals surface area contributed by atoms with Crippen LogP contribution >= 0.6 is 11.6 Å². The average Bonchev–Trinajstić information content (AvgIpc) is 2.84. The summed E-state index contributed by atoms with van der Waals surface area (Å²) >= 11 is 6.08. The van der Waals surface area contributed by atoms with Gasteiger partial charge in [-0.05, 0) is 73.5 Å². The zero-order valence-corrected chi connectivity index (χ0v) is 21.1. The Morgan fingerprint density at radius 1 is 0.914 bits per heavy atom. The number of sulfonamides is 1. The topological polar surface area (TPSA) is 78.4 Å². The van der Waals surface area contributed by atoms with Crippen molar-refractivity contribution >= 4 is 49.7 Å². The maximum absolute atomic E-state index is 13.3. The first-order valence-corrected chi connectivity index (χ1v) is 13.2. The van der Waals surface area contributed by atoms with E-state index in [4.69, 9.17) is 11.6 Å². The number of hydrogen-bond acceptors (Lipinski definition) is 6. The van der Waals surface area contributed by atoms with E-state index >= 15 is 0 Å². The summed E-state index contributed by atoms with van der Waals surface area (Å²) in [7, 11) is -3.58. The van der Waals surface area contributed by atoms with Crippen molar-refractivity contribution < 1.29 is 8.42 Å². The summed E-state index contributed by atoms with van der Waals surface area (Å²) < 4.78 is 28.1. The van der Waals surface area contributed by atoms with Gasteiger partial charge in [0.1, 0.15) is 5.82 Å². The minimum absolute atomic E-state index is 0.285. The number of pyridine rings is 2. The summed E-state index contributed by atoms with van der Waals surface area (Å²) in [6.45, 7) is 6.11. The molecule has 1 saturated heterocycles. The molecule has 0 bridgehead atoms. The monoisotopic (exact) mass is 507 g/mol. The van der Waals surface area contributed by atoms with Crippen molar-refractivity contribution in [2.24, 2.45) is 0 Å². The fraction of sp³-hybridized carbons (Fsp3) is 0.231. The second kappa shape index (κ2) is 9.45. The molecule has 9 heteroatoms. The first kappa shape index (κ1) is 23.5. The smallest absolute Gasteiger partial charge is 0.243 e. The zero-order chi connectivity index (χ0) is 24.6. The first-order valence-electron chi connectivity index (χ1n) is 11.4. The van der Waals surface area contributed by atoms with Crippen molar-refractivity contribution in [3.63, 3.8) is 0 Å². The molecule has 0 unspecified atom stereocenters. The van der Waals surface area contributed by atoms with E-state index in [0.717, 1.165) is 39.2 Å². The Balaban J connectivity index is 1.29. The van der Waals surface area contributed by atoms with Gasteiger partial charge in [-0.1, -0.05) is 17.7 Å². The molecule has 7 nitrogen and oxygen atoms in total. The average molecular weight is 508 g/mol. The van der Waals surface area contributed by atoms with Gasteiger partial charge in [-0.2, -0.15) is 4.31 Å². The van der Waals surface area contributed by atoms with Crippen LogP contribution in [0.5, 0.6) is 0 Å². The van der Waals surface area contributed by atoms with Crippen molar-refractivity contribution in [3.8, 4) is 0 Å². The van der Waals surface area contributed by atoms with Gasteiger partial charge in [0.25, 0.3) is 0 Å². The minimum atomic E-state index is -3.58. The number of piperazine rings is 1. The van der Waals surface area contributed by atoms with Gasteiger partial charge in [0.2, 0.25) is 10.0 Å². The molecule has 3 heterocycles. The molecular formula is C26H26ClN5O2S. The number of rotatable bonds is 5. The second-order valence-electron chi connectivity index (χ2n) is 8.71. The van der Waals surface area contributed by atoms with Crippen molar-refractivity contribution in [3.05, 3.63) is 83.1 Å². The second-order valence-corrected chi connectivity index (χ2v) is 11.1. The number of anilines is 3. The van der Waals surface area contributed by atoms with Gasteiger partial charge in [0.15, 0.2) is 0 Å². The highest BCUT2D eigenvalue weighted by Crippen LogP contribution is 2.28. The van der Waals surface area contributed by atoms with Crippen LogP contribution in [-0.4, -0.2) is 48.9 Å². The summed E-state index contributed by atoms with van der Waals surface area (Å²) in [5.74, 6) is 0.925. The van der Waals surface area contributed by atoms with E-state index in [1.807, 2.05) is 44.3 Å². The van der Waals surface area contributed by atoms with E-state index in [9.17, 15) is 8.42 Å². The number of nitrogens with zero attached hydrogens (tertiary/aromatic N) is 4. The predicted molar refractivity (Wildman–Crippen MR) is 141 cm³/mol. The maximum atomic E-state index is 13.3. The molecule has 0 radical (unpaired) electrons. The molecule has 0 atom stereocenters. The number of aromatic nitrogens is 2. The van der Waals surface area contributed by atoms with E-state index in [2.05, 4.69) is 26.3 Å². The molecule has 1 aliphatic rings. The summed E-state index contributed by atoms with van der Waals surface area (Å²) in [5, 5.41) is 4.92. The van der Waals surface area contributed by atoms with Crippen molar-refractivity contribution in [2.45, 2.75) is 18.7 Å². The molecule has 2 aromatic heterocycles. The highest BCUT2D eigenvalue weighted by Gasteiger charge is 2.29. The number of nitrogens with one attached hydrogen (secondary N) is 1. The fourth-order valence-corrected chi connectivity index (χ4v) is 6.01. The molecule has 0 saturated carbocycles.